The van der Waals surface area contributed by atoms with Crippen molar-refractivity contribution < 1.29 is 15.0 Å². The molecule has 0 spiro atoms. The normalized spacial score (nSPS) is 15.9. The van der Waals surface area contributed by atoms with Gasteiger partial charge in [0.1, 0.15) is 11.8 Å². The number of hydrogen-bond donors (Lipinski definition) is 3. The average molecular weight is 284 g/mol. The van der Waals surface area contributed by atoms with Crippen LogP contribution >= 0.6 is 11.6 Å². The lowest BCUT2D eigenvalue weighted by atomic mass is 9.84. The van der Waals surface area contributed by atoms with Crippen molar-refractivity contribution in [1.82, 2.24) is 0 Å². The molecular weight excluding hydrogens is 266 g/mol. The minimum atomic E-state index is -1.08. The van der Waals surface area contributed by atoms with Crippen LogP contribution in [-0.2, 0) is 24.1 Å². The third-order valence-electron chi connectivity index (χ3n) is 3.87. The first-order valence-electron chi connectivity index (χ1n) is 6.43. The van der Waals surface area contributed by atoms with Gasteiger partial charge in [-0.1, -0.05) is 11.6 Å². The molecule has 0 aromatic heterocycles. The Morgan fingerprint density at radius 3 is 2.53 bits per heavy atom. The van der Waals surface area contributed by atoms with E-state index in [1.165, 1.54) is 0 Å². The van der Waals surface area contributed by atoms with Crippen LogP contribution in [0.15, 0.2) is 0 Å². The van der Waals surface area contributed by atoms with Gasteiger partial charge in [-0.2, -0.15) is 0 Å². The highest BCUT2D eigenvalue weighted by Crippen LogP contribution is 2.40. The van der Waals surface area contributed by atoms with Crippen LogP contribution in [-0.4, -0.2) is 22.2 Å². The molecular formula is C14H18ClNO3. The molecule has 0 saturated carbocycles. The van der Waals surface area contributed by atoms with Crippen molar-refractivity contribution in [1.29, 1.82) is 0 Å². The van der Waals surface area contributed by atoms with E-state index in [0.29, 0.717) is 10.6 Å². The highest BCUT2D eigenvalue weighted by atomic mass is 35.5. The predicted molar refractivity (Wildman–Crippen MR) is 73.8 cm³/mol. The summed E-state index contributed by atoms with van der Waals surface area (Å²) in [5.41, 5.74) is 9.23. The van der Waals surface area contributed by atoms with Gasteiger partial charge in [-0.3, -0.25) is 4.79 Å². The molecule has 1 aliphatic carbocycles. The summed E-state index contributed by atoms with van der Waals surface area (Å²) in [7, 11) is 0. The quantitative estimate of drug-likeness (QED) is 0.794. The number of carboxylic acid groups (broad SMARTS) is 1. The maximum atomic E-state index is 10.9. The third-order valence-corrected chi connectivity index (χ3v) is 4.28. The van der Waals surface area contributed by atoms with Crippen LogP contribution in [0.4, 0.5) is 0 Å². The first-order valence-corrected chi connectivity index (χ1v) is 6.81. The van der Waals surface area contributed by atoms with Crippen LogP contribution in [0.5, 0.6) is 5.75 Å². The predicted octanol–water partition coefficient (Wildman–Crippen LogP) is 2.19. The number of nitrogens with two attached hydrogens (primary N) is 1. The molecule has 4 nitrogen and oxygen atoms in total. The van der Waals surface area contributed by atoms with Gasteiger partial charge in [-0.25, -0.2) is 0 Å². The molecule has 2 rings (SSSR count). The molecule has 0 bridgehead atoms. The Morgan fingerprint density at radius 1 is 1.37 bits per heavy atom. The lowest BCUT2D eigenvalue weighted by Gasteiger charge is -2.24. The molecule has 1 aliphatic rings. The number of hydrogen-bond acceptors (Lipinski definition) is 3. The number of phenolic OH excluding ortho intramolecular Hbond substituents is 1. The Morgan fingerprint density at radius 2 is 1.95 bits per heavy atom. The van der Waals surface area contributed by atoms with Gasteiger partial charge >= 0.3 is 5.97 Å². The topological polar surface area (TPSA) is 83.6 Å². The molecule has 0 aliphatic heterocycles. The second-order valence-electron chi connectivity index (χ2n) is 5.08. The fourth-order valence-electron chi connectivity index (χ4n) is 2.75. The molecule has 1 unspecified atom stereocenters. The molecule has 4 N–H and O–H groups in total. The van der Waals surface area contributed by atoms with Crippen molar-refractivity contribution in [3.8, 4) is 5.75 Å². The Hall–Kier alpha value is -1.26. The summed E-state index contributed by atoms with van der Waals surface area (Å²) >= 11 is 6.21. The van der Waals surface area contributed by atoms with E-state index in [1.54, 1.807) is 0 Å². The van der Waals surface area contributed by atoms with Crippen molar-refractivity contribution in [2.24, 2.45) is 5.73 Å². The fraction of sp³-hybridized carbons (Fsp3) is 0.500. The fourth-order valence-corrected chi connectivity index (χ4v) is 3.08. The maximum absolute atomic E-state index is 10.9. The second-order valence-corrected chi connectivity index (χ2v) is 5.46. The van der Waals surface area contributed by atoms with Crippen LogP contribution in [0.2, 0.25) is 5.02 Å². The number of benzene rings is 1. The van der Waals surface area contributed by atoms with Gasteiger partial charge in [0.25, 0.3) is 0 Å². The largest absolute Gasteiger partial charge is 0.506 e. The smallest absolute Gasteiger partial charge is 0.320 e. The van der Waals surface area contributed by atoms with Crippen molar-refractivity contribution >= 4 is 17.6 Å². The zero-order valence-electron chi connectivity index (χ0n) is 10.9. The Kier molecular flexibility index (Phi) is 4.02. The molecule has 104 valence electrons. The number of carboxylic acids is 1. The monoisotopic (exact) mass is 283 g/mol. The van der Waals surface area contributed by atoms with Crippen LogP contribution in [0.1, 0.15) is 35.1 Å². The first-order chi connectivity index (χ1) is 8.93. The number of phenols is 1. The lowest BCUT2D eigenvalue weighted by molar-refractivity contribution is -0.138. The molecule has 0 fully saturated rings. The average Bonchev–Trinajstić information content (AvgIpc) is 2.40. The maximum Gasteiger partial charge on any atom is 0.320 e. The summed E-state index contributed by atoms with van der Waals surface area (Å²) in [6, 6.07) is -1.03. The van der Waals surface area contributed by atoms with Gasteiger partial charge in [-0.05, 0) is 49.3 Å². The molecule has 0 saturated heterocycles. The van der Waals surface area contributed by atoms with E-state index in [1.807, 2.05) is 6.92 Å². The third kappa shape index (κ3) is 2.55. The minimum Gasteiger partial charge on any atom is -0.506 e. The van der Waals surface area contributed by atoms with Gasteiger partial charge in [-0.15, -0.1) is 0 Å². The SMILES string of the molecule is Cc1c(CC(N)C(=O)O)c(O)c(Cl)c2c1CCCC2. The van der Waals surface area contributed by atoms with Gasteiger partial charge < -0.3 is 15.9 Å². The highest BCUT2D eigenvalue weighted by molar-refractivity contribution is 6.33. The molecule has 0 heterocycles. The summed E-state index contributed by atoms with van der Waals surface area (Å²) in [5.74, 6) is -1.08. The number of rotatable bonds is 3. The van der Waals surface area contributed by atoms with E-state index >= 15 is 0 Å². The van der Waals surface area contributed by atoms with Crippen molar-refractivity contribution in [2.75, 3.05) is 0 Å². The number of aliphatic carboxylic acids is 1. The van der Waals surface area contributed by atoms with E-state index in [4.69, 9.17) is 22.4 Å². The molecule has 1 aromatic carbocycles. The van der Waals surface area contributed by atoms with Crippen LogP contribution < -0.4 is 5.73 Å². The molecule has 0 amide bonds. The van der Waals surface area contributed by atoms with E-state index in [9.17, 15) is 9.90 Å². The number of halogens is 1. The highest BCUT2D eigenvalue weighted by Gasteiger charge is 2.24. The van der Waals surface area contributed by atoms with Gasteiger partial charge in [0.2, 0.25) is 0 Å². The summed E-state index contributed by atoms with van der Waals surface area (Å²) < 4.78 is 0. The summed E-state index contributed by atoms with van der Waals surface area (Å²) in [6.07, 6.45) is 4.06. The van der Waals surface area contributed by atoms with E-state index in [-0.39, 0.29) is 12.2 Å². The summed E-state index contributed by atoms with van der Waals surface area (Å²) in [5, 5.41) is 19.4. The standard InChI is InChI=1S/C14H18ClNO3/c1-7-8-4-2-3-5-9(8)12(15)13(17)10(7)6-11(16)14(18)19/h11,17H,2-6,16H2,1H3,(H,18,19). The molecule has 0 radical (unpaired) electrons. The zero-order chi connectivity index (χ0) is 14.2. The van der Waals surface area contributed by atoms with Crippen molar-refractivity contribution in [3.63, 3.8) is 0 Å². The Bertz CT molecular complexity index is 528. The molecule has 1 aromatic rings. The first kappa shape index (κ1) is 14.2. The zero-order valence-corrected chi connectivity index (χ0v) is 11.6. The van der Waals surface area contributed by atoms with E-state index in [0.717, 1.165) is 42.4 Å². The van der Waals surface area contributed by atoms with Crippen LogP contribution in [0.25, 0.3) is 0 Å². The summed E-state index contributed by atoms with van der Waals surface area (Å²) in [4.78, 5) is 10.9. The minimum absolute atomic E-state index is 0.00323. The van der Waals surface area contributed by atoms with Gasteiger partial charge in [0.05, 0.1) is 5.02 Å². The van der Waals surface area contributed by atoms with Gasteiger partial charge in [0.15, 0.2) is 0 Å². The Labute approximate surface area is 117 Å². The van der Waals surface area contributed by atoms with Crippen molar-refractivity contribution in [2.45, 2.75) is 45.1 Å². The van der Waals surface area contributed by atoms with Gasteiger partial charge in [0, 0.05) is 12.0 Å². The number of fused-ring (bicyclic) bond motifs is 1. The lowest BCUT2D eigenvalue weighted by Crippen LogP contribution is -2.32. The molecule has 1 atom stereocenters. The van der Waals surface area contributed by atoms with Crippen molar-refractivity contribution in [3.05, 3.63) is 27.3 Å². The molecule has 19 heavy (non-hydrogen) atoms. The second kappa shape index (κ2) is 5.39. The Balaban J connectivity index is 2.49. The molecule has 5 heteroatoms. The van der Waals surface area contributed by atoms with E-state index in [2.05, 4.69) is 0 Å². The van der Waals surface area contributed by atoms with Crippen LogP contribution in [0.3, 0.4) is 0 Å². The van der Waals surface area contributed by atoms with Crippen LogP contribution in [0, 0.1) is 6.92 Å². The number of aromatic hydroxyl groups is 1. The summed E-state index contributed by atoms with van der Waals surface area (Å²) in [6.45, 7) is 1.91. The van der Waals surface area contributed by atoms with E-state index < -0.39 is 12.0 Å². The number of carbonyl (C=O) groups is 1.